The third-order valence-electron chi connectivity index (χ3n) is 12.4. The molecule has 2 aliphatic rings. The number of aryl methyl sites for hydroxylation is 2. The van der Waals surface area contributed by atoms with E-state index in [-0.39, 0.29) is 12.2 Å². The van der Waals surface area contributed by atoms with Crippen molar-refractivity contribution in [3.63, 3.8) is 0 Å². The zero-order valence-electron chi connectivity index (χ0n) is 32.2. The van der Waals surface area contributed by atoms with E-state index in [2.05, 4.69) is 113 Å². The molecule has 0 N–H and O–H groups in total. The third kappa shape index (κ3) is 9.98. The van der Waals surface area contributed by atoms with E-state index in [1.165, 1.54) is 123 Å². The molecule has 3 nitrogen and oxygen atoms in total. The first kappa shape index (κ1) is 37.5. The lowest BCUT2D eigenvalue weighted by Gasteiger charge is -2.40. The van der Waals surface area contributed by atoms with Gasteiger partial charge in [-0.1, -0.05) is 140 Å². The van der Waals surface area contributed by atoms with Crippen LogP contribution < -0.4 is 0 Å². The quantitative estimate of drug-likeness (QED) is 0.118. The van der Waals surface area contributed by atoms with Crippen molar-refractivity contribution < 1.29 is 4.74 Å². The minimum Gasteiger partial charge on any atom is -0.365 e. The third-order valence-corrected chi connectivity index (χ3v) is 12.4. The van der Waals surface area contributed by atoms with Crippen molar-refractivity contribution in [1.29, 1.82) is 0 Å². The van der Waals surface area contributed by atoms with Gasteiger partial charge in [-0.25, -0.2) is 0 Å². The highest BCUT2D eigenvalue weighted by atomic mass is 16.5. The molecule has 2 heterocycles. The van der Waals surface area contributed by atoms with E-state index in [9.17, 15) is 0 Å². The Morgan fingerprint density at radius 3 is 1.22 bits per heavy atom. The summed E-state index contributed by atoms with van der Waals surface area (Å²) < 4.78 is 7.61. The van der Waals surface area contributed by atoms with Crippen LogP contribution in [0.15, 0.2) is 85.2 Å². The fraction of sp³-hybridized carbons (Fsp3) is 0.542. The number of ether oxygens (including phenoxy) is 1. The fourth-order valence-corrected chi connectivity index (χ4v) is 8.82. The highest BCUT2D eigenvalue weighted by Crippen LogP contribution is 2.47. The van der Waals surface area contributed by atoms with Crippen molar-refractivity contribution in [3.8, 4) is 22.5 Å². The van der Waals surface area contributed by atoms with Gasteiger partial charge in [0.1, 0.15) is 0 Å². The molecule has 2 aromatic carbocycles. The molecule has 2 saturated carbocycles. The summed E-state index contributed by atoms with van der Waals surface area (Å²) in [6.07, 6.45) is 24.2. The Morgan fingerprint density at radius 2 is 0.902 bits per heavy atom. The lowest BCUT2D eigenvalue weighted by atomic mass is 9.75. The molecule has 0 aliphatic heterocycles. The van der Waals surface area contributed by atoms with Gasteiger partial charge in [0.25, 0.3) is 0 Å². The maximum atomic E-state index is 7.61. The molecule has 0 saturated heterocycles. The average Bonchev–Trinajstić information content (AvgIpc) is 3.20. The molecule has 272 valence electrons. The zero-order chi connectivity index (χ0) is 35.4. The predicted molar refractivity (Wildman–Crippen MR) is 215 cm³/mol. The van der Waals surface area contributed by atoms with Crippen LogP contribution in [0.1, 0.15) is 152 Å². The fourth-order valence-electron chi connectivity index (χ4n) is 8.82. The van der Waals surface area contributed by atoms with Gasteiger partial charge in [0.2, 0.25) is 0 Å². The molecule has 2 fully saturated rings. The Labute approximate surface area is 310 Å². The van der Waals surface area contributed by atoms with Crippen LogP contribution in [0.2, 0.25) is 0 Å². The smallest absolute Gasteiger partial charge is 0.0861 e. The zero-order valence-corrected chi connectivity index (χ0v) is 32.2. The van der Waals surface area contributed by atoms with Gasteiger partial charge in [0, 0.05) is 23.5 Å². The summed E-state index contributed by atoms with van der Waals surface area (Å²) >= 11 is 0. The van der Waals surface area contributed by atoms with Crippen molar-refractivity contribution in [3.05, 3.63) is 107 Å². The summed E-state index contributed by atoms with van der Waals surface area (Å²) in [6.45, 7) is 9.23. The van der Waals surface area contributed by atoms with Gasteiger partial charge in [-0.15, -0.1) is 0 Å². The predicted octanol–water partition coefficient (Wildman–Crippen LogP) is 13.7. The summed E-state index contributed by atoms with van der Waals surface area (Å²) in [7, 11) is 0. The van der Waals surface area contributed by atoms with E-state index >= 15 is 0 Å². The van der Waals surface area contributed by atoms with Crippen LogP contribution in [-0.2, 0) is 17.6 Å². The van der Waals surface area contributed by atoms with Gasteiger partial charge in [0.15, 0.2) is 0 Å². The molecular weight excluding hydrogens is 621 g/mol. The van der Waals surface area contributed by atoms with Crippen LogP contribution in [0.5, 0.6) is 0 Å². The highest BCUT2D eigenvalue weighted by molar-refractivity contribution is 5.60. The second-order valence-electron chi connectivity index (χ2n) is 15.9. The molecule has 2 atom stereocenters. The van der Waals surface area contributed by atoms with Gasteiger partial charge in [-0.05, 0) is 109 Å². The van der Waals surface area contributed by atoms with Gasteiger partial charge < -0.3 is 4.74 Å². The number of pyridine rings is 2. The molecule has 4 aromatic rings. The minimum absolute atomic E-state index is 0.0899. The maximum absolute atomic E-state index is 7.61. The summed E-state index contributed by atoms with van der Waals surface area (Å²) in [5.41, 5.74) is 9.80. The molecule has 2 aliphatic carbocycles. The first-order chi connectivity index (χ1) is 25.1. The Hall–Kier alpha value is -3.30. The first-order valence-corrected chi connectivity index (χ1v) is 20.8. The van der Waals surface area contributed by atoms with Crippen molar-refractivity contribution >= 4 is 0 Å². The van der Waals surface area contributed by atoms with Crippen LogP contribution in [-0.4, -0.2) is 9.97 Å². The molecule has 2 aromatic heterocycles. The van der Waals surface area contributed by atoms with E-state index in [0.29, 0.717) is 11.8 Å². The van der Waals surface area contributed by atoms with Crippen molar-refractivity contribution in [2.75, 3.05) is 0 Å². The van der Waals surface area contributed by atoms with Crippen LogP contribution in [0, 0.1) is 23.7 Å². The highest BCUT2D eigenvalue weighted by Gasteiger charge is 2.35. The second kappa shape index (κ2) is 19.0. The number of aromatic nitrogens is 2. The maximum Gasteiger partial charge on any atom is 0.0861 e. The normalized spacial score (nSPS) is 22.0. The lowest BCUT2D eigenvalue weighted by molar-refractivity contribution is -0.0905. The largest absolute Gasteiger partial charge is 0.365 e. The molecular formula is C48H64N2O. The first-order valence-electron chi connectivity index (χ1n) is 20.8. The number of hydrogen-bond donors (Lipinski definition) is 0. The van der Waals surface area contributed by atoms with Crippen LogP contribution >= 0.6 is 0 Å². The van der Waals surface area contributed by atoms with E-state index in [4.69, 9.17) is 14.7 Å². The lowest BCUT2D eigenvalue weighted by Crippen LogP contribution is -2.28. The van der Waals surface area contributed by atoms with Crippen molar-refractivity contribution in [1.82, 2.24) is 9.97 Å². The van der Waals surface area contributed by atoms with Crippen LogP contribution in [0.4, 0.5) is 0 Å². The summed E-state index contributed by atoms with van der Waals surface area (Å²) in [4.78, 5) is 9.71. The van der Waals surface area contributed by atoms with Crippen molar-refractivity contribution in [2.45, 2.75) is 143 Å². The van der Waals surface area contributed by atoms with Crippen LogP contribution in [0.25, 0.3) is 22.5 Å². The van der Waals surface area contributed by atoms with Gasteiger partial charge >= 0.3 is 0 Å². The molecule has 2 unspecified atom stereocenters. The average molecular weight is 685 g/mol. The van der Waals surface area contributed by atoms with E-state index in [1.54, 1.807) is 0 Å². The summed E-state index contributed by atoms with van der Waals surface area (Å²) in [5.74, 6) is 2.80. The van der Waals surface area contributed by atoms with E-state index < -0.39 is 0 Å². The van der Waals surface area contributed by atoms with Gasteiger partial charge in [-0.3, -0.25) is 9.97 Å². The topological polar surface area (TPSA) is 35.0 Å². The molecule has 0 radical (unpaired) electrons. The Kier molecular flexibility index (Phi) is 13.9. The molecule has 0 amide bonds. The summed E-state index contributed by atoms with van der Waals surface area (Å²) in [5, 5.41) is 0. The van der Waals surface area contributed by atoms with E-state index in [1.807, 2.05) is 0 Å². The number of nitrogens with zero attached hydrogens (tertiary/aromatic N) is 2. The summed E-state index contributed by atoms with van der Waals surface area (Å²) in [6, 6.07) is 27.4. The molecule has 0 spiro atoms. The number of hydrogen-bond acceptors (Lipinski definition) is 3. The van der Waals surface area contributed by atoms with Gasteiger partial charge in [-0.2, -0.15) is 0 Å². The van der Waals surface area contributed by atoms with Crippen LogP contribution in [0.3, 0.4) is 0 Å². The Bertz CT molecular complexity index is 1440. The molecule has 0 bridgehead atoms. The minimum atomic E-state index is 0.0899. The number of rotatable bonds is 16. The SMILES string of the molecule is CCCCc1ccc(-c2ccc(C(OC(c3ccc(-c4ccc(CCCC)cn4)cc3)C3CCC(CC)CC3)C3CCC(CC)CC3)cc2)nc1. The monoisotopic (exact) mass is 685 g/mol. The Morgan fingerprint density at radius 1 is 0.510 bits per heavy atom. The standard InChI is InChI=1S/C48H64N2O/c1-5-9-11-37-17-31-45(49-33-37)39-23-27-43(28-24-39)47(41-19-13-35(7-3)14-20-41)51-48(42-21-15-36(8-4)16-22-42)44-29-25-40(26-30-44)46-32-18-38(34-50-46)12-10-6-2/h17-18,23-36,41-42,47-48H,5-16,19-22H2,1-4H3. The van der Waals surface area contributed by atoms with E-state index in [0.717, 1.165) is 36.1 Å². The molecule has 6 rings (SSSR count). The molecule has 3 heteroatoms. The Balaban J connectivity index is 1.27. The number of benzene rings is 2. The van der Waals surface area contributed by atoms with Crippen molar-refractivity contribution in [2.24, 2.45) is 23.7 Å². The second-order valence-corrected chi connectivity index (χ2v) is 15.9. The van der Waals surface area contributed by atoms with Gasteiger partial charge in [0.05, 0.1) is 23.6 Å². The number of unbranched alkanes of at least 4 members (excludes halogenated alkanes) is 2. The molecule has 51 heavy (non-hydrogen) atoms.